The van der Waals surface area contributed by atoms with Crippen LogP contribution in [0.4, 0.5) is 8.78 Å². The molecule has 1 amide bonds. The van der Waals surface area contributed by atoms with Crippen LogP contribution in [0, 0.1) is 11.8 Å². The maximum absolute atomic E-state index is 12.3. The molecule has 23 heavy (non-hydrogen) atoms. The highest BCUT2D eigenvalue weighted by Crippen LogP contribution is 2.43. The van der Waals surface area contributed by atoms with Gasteiger partial charge in [0.25, 0.3) is 5.91 Å². The van der Waals surface area contributed by atoms with E-state index >= 15 is 0 Å². The first-order chi connectivity index (χ1) is 11.1. The third-order valence-electron chi connectivity index (χ3n) is 4.53. The molecular weight excluding hydrogens is 308 g/mol. The minimum Gasteiger partial charge on any atom is -0.435 e. The second-order valence-electron chi connectivity index (χ2n) is 5.81. The molecule has 1 aromatic rings. The van der Waals surface area contributed by atoms with Crippen LogP contribution < -0.4 is 10.1 Å². The summed E-state index contributed by atoms with van der Waals surface area (Å²) < 4.78 is 39.4. The Morgan fingerprint density at radius 2 is 2.13 bits per heavy atom. The van der Waals surface area contributed by atoms with Crippen LogP contribution in [-0.4, -0.2) is 45.0 Å². The molecule has 1 N–H and O–H groups in total. The van der Waals surface area contributed by atoms with Crippen LogP contribution >= 0.6 is 0 Å². The van der Waals surface area contributed by atoms with Gasteiger partial charge in [0.05, 0.1) is 12.7 Å². The number of hydrogen-bond donors (Lipinski definition) is 1. The zero-order valence-corrected chi connectivity index (χ0v) is 12.7. The lowest BCUT2D eigenvalue weighted by Gasteiger charge is -2.47. The highest BCUT2D eigenvalue weighted by molar-refractivity contribution is 5.94. The number of benzene rings is 1. The van der Waals surface area contributed by atoms with E-state index in [-0.39, 0.29) is 29.7 Å². The molecule has 1 saturated heterocycles. The Morgan fingerprint density at radius 3 is 2.78 bits per heavy atom. The summed E-state index contributed by atoms with van der Waals surface area (Å²) in [5.41, 5.74) is 0.408. The standard InChI is InChI=1S/C16H19F2NO4/c1-21-8-12-13(11-6-7-22-14(11)12)19-15(20)9-2-4-10(5-3-9)23-16(17)18/h2-5,11-14,16H,6-8H2,1H3,(H,19,20)/t11-,12+,13+,14-/m0/s1. The van der Waals surface area contributed by atoms with Crippen molar-refractivity contribution in [3.8, 4) is 5.75 Å². The summed E-state index contributed by atoms with van der Waals surface area (Å²) in [6.07, 6.45) is 1.08. The number of carbonyl (C=O) groups excluding carboxylic acids is 1. The maximum Gasteiger partial charge on any atom is 0.387 e. The van der Waals surface area contributed by atoms with E-state index in [1.807, 2.05) is 0 Å². The van der Waals surface area contributed by atoms with Crippen molar-refractivity contribution in [1.29, 1.82) is 0 Å². The minimum atomic E-state index is -2.88. The third-order valence-corrected chi connectivity index (χ3v) is 4.53. The van der Waals surface area contributed by atoms with Gasteiger partial charge in [-0.3, -0.25) is 4.79 Å². The molecule has 0 bridgehead atoms. The summed E-state index contributed by atoms with van der Waals surface area (Å²) in [4.78, 5) is 12.3. The van der Waals surface area contributed by atoms with Crippen LogP contribution in [0.3, 0.4) is 0 Å². The smallest absolute Gasteiger partial charge is 0.387 e. The first-order valence-corrected chi connectivity index (χ1v) is 7.56. The molecule has 1 aliphatic carbocycles. The van der Waals surface area contributed by atoms with Gasteiger partial charge in [0.1, 0.15) is 5.75 Å². The van der Waals surface area contributed by atoms with Crippen molar-refractivity contribution in [2.45, 2.75) is 25.2 Å². The summed E-state index contributed by atoms with van der Waals surface area (Å²) in [6.45, 7) is -1.63. The molecule has 2 fully saturated rings. The van der Waals surface area contributed by atoms with Gasteiger partial charge < -0.3 is 19.5 Å². The lowest BCUT2D eigenvalue weighted by Crippen LogP contribution is -2.62. The lowest BCUT2D eigenvalue weighted by atomic mass is 9.67. The van der Waals surface area contributed by atoms with Crippen LogP contribution in [0.2, 0.25) is 0 Å². The highest BCUT2D eigenvalue weighted by atomic mass is 19.3. The van der Waals surface area contributed by atoms with Gasteiger partial charge in [-0.15, -0.1) is 0 Å². The van der Waals surface area contributed by atoms with Crippen LogP contribution in [0.25, 0.3) is 0 Å². The zero-order valence-electron chi connectivity index (χ0n) is 12.7. The van der Waals surface area contributed by atoms with Gasteiger partial charge in [0.2, 0.25) is 0 Å². The van der Waals surface area contributed by atoms with Gasteiger partial charge in [0.15, 0.2) is 0 Å². The minimum absolute atomic E-state index is 0.0203. The van der Waals surface area contributed by atoms with E-state index in [0.717, 1.165) is 6.42 Å². The van der Waals surface area contributed by atoms with E-state index < -0.39 is 6.61 Å². The number of alkyl halides is 2. The molecule has 4 atom stereocenters. The van der Waals surface area contributed by atoms with Crippen LogP contribution in [-0.2, 0) is 9.47 Å². The molecule has 1 saturated carbocycles. The van der Waals surface area contributed by atoms with Crippen molar-refractivity contribution in [1.82, 2.24) is 5.32 Å². The molecule has 0 radical (unpaired) electrons. The molecular formula is C16H19F2NO4. The molecule has 1 aliphatic heterocycles. The first kappa shape index (κ1) is 16.1. The van der Waals surface area contributed by atoms with Crippen molar-refractivity contribution in [2.24, 2.45) is 11.8 Å². The van der Waals surface area contributed by atoms with Crippen molar-refractivity contribution < 1.29 is 27.8 Å². The predicted molar refractivity (Wildman–Crippen MR) is 77.5 cm³/mol. The average Bonchev–Trinajstić information content (AvgIpc) is 2.94. The predicted octanol–water partition coefficient (Wildman–Crippen LogP) is 2.07. The summed E-state index contributed by atoms with van der Waals surface area (Å²) in [7, 11) is 1.63. The molecule has 0 aromatic heterocycles. The monoisotopic (exact) mass is 327 g/mol. The quantitative estimate of drug-likeness (QED) is 0.869. The fraction of sp³-hybridized carbons (Fsp3) is 0.562. The summed E-state index contributed by atoms with van der Waals surface area (Å²) in [5.74, 6) is 0.269. The number of hydrogen-bond acceptors (Lipinski definition) is 4. The number of nitrogens with one attached hydrogen (secondary N) is 1. The van der Waals surface area contributed by atoms with E-state index in [1.54, 1.807) is 7.11 Å². The Bertz CT molecular complexity index is 552. The normalized spacial score (nSPS) is 29.0. The number of ether oxygens (including phenoxy) is 3. The number of halogens is 2. The van der Waals surface area contributed by atoms with Gasteiger partial charge in [-0.05, 0) is 30.7 Å². The fourth-order valence-electron chi connectivity index (χ4n) is 3.46. The number of fused-ring (bicyclic) bond motifs is 1. The van der Waals surface area contributed by atoms with Crippen molar-refractivity contribution in [3.05, 3.63) is 29.8 Å². The molecule has 0 unspecified atom stereocenters. The van der Waals surface area contributed by atoms with E-state index in [0.29, 0.717) is 24.7 Å². The van der Waals surface area contributed by atoms with E-state index in [2.05, 4.69) is 10.1 Å². The topological polar surface area (TPSA) is 56.8 Å². The SMILES string of the molecule is COC[C@@H]1[C@H](NC(=O)c2ccc(OC(F)F)cc2)[C@@H]2CCO[C@H]12. The van der Waals surface area contributed by atoms with Gasteiger partial charge in [-0.1, -0.05) is 0 Å². The average molecular weight is 327 g/mol. The second-order valence-corrected chi connectivity index (χ2v) is 5.81. The van der Waals surface area contributed by atoms with Crippen LogP contribution in [0.1, 0.15) is 16.8 Å². The Labute approximate surface area is 132 Å². The van der Waals surface area contributed by atoms with Crippen molar-refractivity contribution in [2.75, 3.05) is 20.3 Å². The number of amides is 1. The maximum atomic E-state index is 12.3. The van der Waals surface area contributed by atoms with Crippen LogP contribution in [0.15, 0.2) is 24.3 Å². The summed E-state index contributed by atoms with van der Waals surface area (Å²) in [6, 6.07) is 5.68. The molecule has 7 heteroatoms. The van der Waals surface area contributed by atoms with E-state index in [9.17, 15) is 13.6 Å². The number of carbonyl (C=O) groups is 1. The van der Waals surface area contributed by atoms with E-state index in [4.69, 9.17) is 9.47 Å². The van der Waals surface area contributed by atoms with Gasteiger partial charge in [0, 0.05) is 37.2 Å². The first-order valence-electron chi connectivity index (χ1n) is 7.56. The third kappa shape index (κ3) is 3.30. The lowest BCUT2D eigenvalue weighted by molar-refractivity contribution is -0.0809. The molecule has 1 aromatic carbocycles. The van der Waals surface area contributed by atoms with Crippen LogP contribution in [0.5, 0.6) is 5.75 Å². The number of rotatable bonds is 6. The summed E-state index contributed by atoms with van der Waals surface area (Å²) >= 11 is 0. The summed E-state index contributed by atoms with van der Waals surface area (Å²) in [5, 5.41) is 3.01. The second kappa shape index (κ2) is 6.80. The fourth-order valence-corrected chi connectivity index (χ4v) is 3.46. The van der Waals surface area contributed by atoms with Gasteiger partial charge in [-0.2, -0.15) is 8.78 Å². The molecule has 2 aliphatic rings. The molecule has 5 nitrogen and oxygen atoms in total. The Balaban J connectivity index is 1.62. The Kier molecular flexibility index (Phi) is 4.77. The Hall–Kier alpha value is -1.73. The number of methoxy groups -OCH3 is 1. The van der Waals surface area contributed by atoms with Gasteiger partial charge >= 0.3 is 6.61 Å². The zero-order chi connectivity index (χ0) is 16.4. The van der Waals surface area contributed by atoms with Gasteiger partial charge in [-0.25, -0.2) is 0 Å². The van der Waals surface area contributed by atoms with E-state index in [1.165, 1.54) is 24.3 Å². The molecule has 126 valence electrons. The van der Waals surface area contributed by atoms with Crippen molar-refractivity contribution in [3.63, 3.8) is 0 Å². The highest BCUT2D eigenvalue weighted by Gasteiger charge is 2.54. The molecule has 3 rings (SSSR count). The molecule has 0 spiro atoms. The Morgan fingerprint density at radius 1 is 1.39 bits per heavy atom. The largest absolute Gasteiger partial charge is 0.435 e. The van der Waals surface area contributed by atoms with Crippen molar-refractivity contribution >= 4 is 5.91 Å². The molecule has 1 heterocycles.